The van der Waals surface area contributed by atoms with E-state index in [4.69, 9.17) is 0 Å². The number of halogens is 1. The predicted octanol–water partition coefficient (Wildman–Crippen LogP) is 2.00. The molecule has 0 aliphatic rings. The third kappa shape index (κ3) is 3.46. The first-order valence-electron chi connectivity index (χ1n) is 5.11. The summed E-state index contributed by atoms with van der Waals surface area (Å²) in [6, 6.07) is 7.10. The van der Waals surface area contributed by atoms with Crippen LogP contribution in [-0.4, -0.2) is 22.1 Å². The van der Waals surface area contributed by atoms with Gasteiger partial charge >= 0.3 is 0 Å². The van der Waals surface area contributed by atoms with Crippen molar-refractivity contribution in [1.29, 1.82) is 0 Å². The Labute approximate surface area is 112 Å². The number of hydrogen-bond donors (Lipinski definition) is 1. The van der Waals surface area contributed by atoms with Crippen LogP contribution in [0.1, 0.15) is 16.1 Å². The topological polar surface area (TPSA) is 67.2 Å². The fraction of sp³-hybridized carbons (Fsp3) is 0. The van der Waals surface area contributed by atoms with Crippen molar-refractivity contribution in [3.8, 4) is 0 Å². The van der Waals surface area contributed by atoms with Crippen molar-refractivity contribution < 1.29 is 4.79 Å². The smallest absolute Gasteiger partial charge is 0.267 e. The second-order valence-corrected chi connectivity index (χ2v) is 4.26. The monoisotopic (exact) mass is 304 g/mol. The van der Waals surface area contributed by atoms with E-state index in [9.17, 15) is 4.79 Å². The Hall–Kier alpha value is -2.08. The molecular formula is C12H9BrN4O. The number of aromatic nitrogens is 2. The fourth-order valence-electron chi connectivity index (χ4n) is 1.21. The van der Waals surface area contributed by atoms with Crippen LogP contribution in [0, 0.1) is 0 Å². The SMILES string of the molecule is O=C(NN=Cc1ccccn1)c1cncc(Br)c1. The van der Waals surface area contributed by atoms with Crippen LogP contribution in [0.15, 0.2) is 52.4 Å². The van der Waals surface area contributed by atoms with Crippen molar-refractivity contribution in [1.82, 2.24) is 15.4 Å². The standard InChI is InChI=1S/C12H9BrN4O/c13-10-5-9(6-14-7-10)12(18)17-16-8-11-3-1-2-4-15-11/h1-8H,(H,17,18). The van der Waals surface area contributed by atoms with Crippen molar-refractivity contribution in [3.63, 3.8) is 0 Å². The number of hydrogen-bond acceptors (Lipinski definition) is 4. The Balaban J connectivity index is 1.99. The number of carbonyl (C=O) groups is 1. The molecule has 90 valence electrons. The Kier molecular flexibility index (Phi) is 4.14. The Morgan fingerprint density at radius 3 is 3.00 bits per heavy atom. The van der Waals surface area contributed by atoms with Crippen molar-refractivity contribution in [2.24, 2.45) is 5.10 Å². The average Bonchev–Trinajstić information content (AvgIpc) is 2.40. The van der Waals surface area contributed by atoms with Gasteiger partial charge in [0.15, 0.2) is 0 Å². The van der Waals surface area contributed by atoms with Crippen LogP contribution in [0.3, 0.4) is 0 Å². The molecule has 0 saturated carbocycles. The quantitative estimate of drug-likeness (QED) is 0.696. The maximum absolute atomic E-state index is 11.7. The summed E-state index contributed by atoms with van der Waals surface area (Å²) in [5.41, 5.74) is 3.51. The van der Waals surface area contributed by atoms with Crippen LogP contribution in [0.2, 0.25) is 0 Å². The molecule has 18 heavy (non-hydrogen) atoms. The molecule has 0 aromatic carbocycles. The zero-order chi connectivity index (χ0) is 12.8. The highest BCUT2D eigenvalue weighted by atomic mass is 79.9. The zero-order valence-corrected chi connectivity index (χ0v) is 10.8. The van der Waals surface area contributed by atoms with E-state index in [-0.39, 0.29) is 5.91 Å². The average molecular weight is 305 g/mol. The van der Waals surface area contributed by atoms with Gasteiger partial charge < -0.3 is 0 Å². The predicted molar refractivity (Wildman–Crippen MR) is 71.2 cm³/mol. The summed E-state index contributed by atoms with van der Waals surface area (Å²) in [5.74, 6) is -0.323. The number of amides is 1. The van der Waals surface area contributed by atoms with Gasteiger partial charge in [-0.25, -0.2) is 5.43 Å². The lowest BCUT2D eigenvalue weighted by Crippen LogP contribution is -2.17. The summed E-state index contributed by atoms with van der Waals surface area (Å²) in [5, 5.41) is 3.82. The van der Waals surface area contributed by atoms with E-state index in [0.717, 1.165) is 4.47 Å². The van der Waals surface area contributed by atoms with Gasteiger partial charge in [0.2, 0.25) is 0 Å². The molecule has 0 bridgehead atoms. The second-order valence-electron chi connectivity index (χ2n) is 3.35. The van der Waals surface area contributed by atoms with E-state index < -0.39 is 0 Å². The molecule has 2 heterocycles. The van der Waals surface area contributed by atoms with Gasteiger partial charge in [0.1, 0.15) is 0 Å². The Morgan fingerprint density at radius 2 is 2.28 bits per heavy atom. The summed E-state index contributed by atoms with van der Waals surface area (Å²) in [6.07, 6.45) is 6.20. The Morgan fingerprint density at radius 1 is 1.39 bits per heavy atom. The summed E-state index contributed by atoms with van der Waals surface area (Å²) in [6.45, 7) is 0. The lowest BCUT2D eigenvalue weighted by molar-refractivity contribution is 0.0954. The molecule has 1 N–H and O–H groups in total. The molecule has 0 radical (unpaired) electrons. The van der Waals surface area contributed by atoms with Gasteiger partial charge in [-0.3, -0.25) is 14.8 Å². The molecule has 0 aliphatic heterocycles. The molecule has 0 spiro atoms. The van der Waals surface area contributed by atoms with Crippen LogP contribution in [0.4, 0.5) is 0 Å². The number of carbonyl (C=O) groups excluding carboxylic acids is 1. The largest absolute Gasteiger partial charge is 0.272 e. The number of rotatable bonds is 3. The zero-order valence-electron chi connectivity index (χ0n) is 9.25. The molecule has 0 aliphatic carbocycles. The number of pyridine rings is 2. The number of hydrazone groups is 1. The van der Waals surface area contributed by atoms with Crippen molar-refractivity contribution >= 4 is 28.1 Å². The molecular weight excluding hydrogens is 296 g/mol. The third-order valence-corrected chi connectivity index (χ3v) is 2.45. The first kappa shape index (κ1) is 12.4. The first-order valence-corrected chi connectivity index (χ1v) is 5.90. The van der Waals surface area contributed by atoms with Crippen molar-refractivity contribution in [2.75, 3.05) is 0 Å². The molecule has 0 atom stereocenters. The molecule has 5 nitrogen and oxygen atoms in total. The molecule has 0 saturated heterocycles. The molecule has 2 aromatic heterocycles. The maximum Gasteiger partial charge on any atom is 0.272 e. The molecule has 0 unspecified atom stereocenters. The van der Waals surface area contributed by atoms with Gasteiger partial charge in [-0.15, -0.1) is 0 Å². The molecule has 2 aromatic rings. The van der Waals surface area contributed by atoms with E-state index in [2.05, 4.69) is 36.4 Å². The van der Waals surface area contributed by atoms with Crippen LogP contribution in [-0.2, 0) is 0 Å². The number of nitrogens with one attached hydrogen (secondary N) is 1. The van der Waals surface area contributed by atoms with E-state index in [0.29, 0.717) is 11.3 Å². The summed E-state index contributed by atoms with van der Waals surface area (Å²) < 4.78 is 0.740. The molecule has 6 heteroatoms. The minimum absolute atomic E-state index is 0.323. The van der Waals surface area contributed by atoms with E-state index in [1.807, 2.05) is 12.1 Å². The second kappa shape index (κ2) is 6.02. The maximum atomic E-state index is 11.7. The fourth-order valence-corrected chi connectivity index (χ4v) is 1.57. The van der Waals surface area contributed by atoms with Gasteiger partial charge in [0.05, 0.1) is 17.5 Å². The van der Waals surface area contributed by atoms with Gasteiger partial charge in [-0.2, -0.15) is 5.10 Å². The summed E-state index contributed by atoms with van der Waals surface area (Å²) in [7, 11) is 0. The minimum atomic E-state index is -0.323. The van der Waals surface area contributed by atoms with Gasteiger partial charge in [0, 0.05) is 23.1 Å². The van der Waals surface area contributed by atoms with Gasteiger partial charge in [-0.05, 0) is 34.1 Å². The molecule has 1 amide bonds. The van der Waals surface area contributed by atoms with Crippen LogP contribution >= 0.6 is 15.9 Å². The Bertz CT molecular complexity index is 571. The van der Waals surface area contributed by atoms with Crippen molar-refractivity contribution in [3.05, 3.63) is 58.6 Å². The highest BCUT2D eigenvalue weighted by Gasteiger charge is 2.04. The highest BCUT2D eigenvalue weighted by molar-refractivity contribution is 9.10. The van der Waals surface area contributed by atoms with E-state index in [1.165, 1.54) is 12.4 Å². The first-order chi connectivity index (χ1) is 8.75. The van der Waals surface area contributed by atoms with Crippen LogP contribution < -0.4 is 5.43 Å². The minimum Gasteiger partial charge on any atom is -0.267 e. The van der Waals surface area contributed by atoms with Crippen LogP contribution in [0.5, 0.6) is 0 Å². The summed E-state index contributed by atoms with van der Waals surface area (Å²) in [4.78, 5) is 19.6. The van der Waals surface area contributed by atoms with Gasteiger partial charge in [0.25, 0.3) is 5.91 Å². The summed E-state index contributed by atoms with van der Waals surface area (Å²) >= 11 is 3.24. The molecule has 2 rings (SSSR count). The van der Waals surface area contributed by atoms with E-state index in [1.54, 1.807) is 24.5 Å². The third-order valence-electron chi connectivity index (χ3n) is 2.02. The van der Waals surface area contributed by atoms with Crippen molar-refractivity contribution in [2.45, 2.75) is 0 Å². The number of nitrogens with zero attached hydrogens (tertiary/aromatic N) is 3. The lowest BCUT2D eigenvalue weighted by Gasteiger charge is -1.99. The van der Waals surface area contributed by atoms with E-state index >= 15 is 0 Å². The normalized spacial score (nSPS) is 10.5. The highest BCUT2D eigenvalue weighted by Crippen LogP contribution is 2.09. The van der Waals surface area contributed by atoms with Gasteiger partial charge in [-0.1, -0.05) is 6.07 Å². The van der Waals surface area contributed by atoms with Crippen LogP contribution in [0.25, 0.3) is 0 Å². The molecule has 0 fully saturated rings. The lowest BCUT2D eigenvalue weighted by atomic mass is 10.3.